The number of pyridine rings is 2. The van der Waals surface area contributed by atoms with Crippen LogP contribution in [0, 0.1) is 6.92 Å². The van der Waals surface area contributed by atoms with Gasteiger partial charge in [-0.2, -0.15) is 5.10 Å². The summed E-state index contributed by atoms with van der Waals surface area (Å²) in [5, 5.41) is 9.17. The van der Waals surface area contributed by atoms with Gasteiger partial charge in [-0.1, -0.05) is 11.6 Å². The topological polar surface area (TPSA) is 55.6 Å². The Morgan fingerprint density at radius 3 is 3.00 bits per heavy atom. The van der Waals surface area contributed by atoms with Crippen molar-refractivity contribution < 1.29 is 0 Å². The third-order valence-electron chi connectivity index (χ3n) is 3.16. The summed E-state index contributed by atoms with van der Waals surface area (Å²) in [6, 6.07) is 5.85. The van der Waals surface area contributed by atoms with Crippen LogP contribution in [0.5, 0.6) is 0 Å². The van der Waals surface area contributed by atoms with Crippen molar-refractivity contribution in [1.82, 2.24) is 19.7 Å². The summed E-state index contributed by atoms with van der Waals surface area (Å²) in [7, 11) is 1.90. The van der Waals surface area contributed by atoms with Gasteiger partial charge < -0.3 is 5.32 Å². The van der Waals surface area contributed by atoms with Crippen molar-refractivity contribution in [1.29, 1.82) is 0 Å². The number of halogens is 1. The predicted molar refractivity (Wildman–Crippen MR) is 79.8 cm³/mol. The molecule has 0 saturated heterocycles. The lowest BCUT2D eigenvalue weighted by molar-refractivity contribution is 0.773. The van der Waals surface area contributed by atoms with Crippen molar-refractivity contribution >= 4 is 28.3 Å². The fourth-order valence-corrected chi connectivity index (χ4v) is 2.35. The largest absolute Gasteiger partial charge is 0.378 e. The van der Waals surface area contributed by atoms with Crippen LogP contribution in [0.1, 0.15) is 11.3 Å². The Hall–Kier alpha value is -2.14. The summed E-state index contributed by atoms with van der Waals surface area (Å²) in [5.74, 6) is 0. The van der Waals surface area contributed by atoms with Gasteiger partial charge in [-0.05, 0) is 30.7 Å². The zero-order valence-electron chi connectivity index (χ0n) is 11.3. The summed E-state index contributed by atoms with van der Waals surface area (Å²) >= 11 is 6.01. The molecule has 0 spiro atoms. The molecule has 0 aliphatic heterocycles. The predicted octanol–water partition coefficient (Wildman–Crippen LogP) is 2.94. The first-order valence-electron chi connectivity index (χ1n) is 6.28. The monoisotopic (exact) mass is 287 g/mol. The molecule has 3 rings (SSSR count). The molecule has 0 amide bonds. The van der Waals surface area contributed by atoms with E-state index in [-0.39, 0.29) is 0 Å². The maximum atomic E-state index is 6.01. The van der Waals surface area contributed by atoms with Gasteiger partial charge >= 0.3 is 0 Å². The average molecular weight is 288 g/mol. The minimum absolute atomic E-state index is 0.471. The first-order chi connectivity index (χ1) is 9.65. The molecule has 3 aromatic rings. The zero-order valence-corrected chi connectivity index (χ0v) is 12.0. The van der Waals surface area contributed by atoms with Gasteiger partial charge in [0.2, 0.25) is 0 Å². The second-order valence-electron chi connectivity index (χ2n) is 4.62. The molecule has 3 heterocycles. The molecule has 0 saturated carbocycles. The van der Waals surface area contributed by atoms with E-state index in [0.29, 0.717) is 11.7 Å². The van der Waals surface area contributed by atoms with E-state index in [9.17, 15) is 0 Å². The highest BCUT2D eigenvalue weighted by Gasteiger charge is 2.07. The van der Waals surface area contributed by atoms with Gasteiger partial charge in [-0.25, -0.2) is 9.97 Å². The SMILES string of the molecule is Cc1nn(C)c2ncc(CNc3cccnc3Cl)cc12. The van der Waals surface area contributed by atoms with Crippen LogP contribution in [-0.2, 0) is 13.6 Å². The van der Waals surface area contributed by atoms with Gasteiger partial charge in [0.25, 0.3) is 0 Å². The van der Waals surface area contributed by atoms with Gasteiger partial charge in [0, 0.05) is 31.4 Å². The molecule has 0 aliphatic carbocycles. The molecule has 0 aliphatic rings. The quantitative estimate of drug-likeness (QED) is 0.753. The van der Waals surface area contributed by atoms with E-state index in [1.165, 1.54) is 0 Å². The average Bonchev–Trinajstić information content (AvgIpc) is 2.73. The first kappa shape index (κ1) is 12.9. The first-order valence-corrected chi connectivity index (χ1v) is 6.65. The molecular weight excluding hydrogens is 274 g/mol. The van der Waals surface area contributed by atoms with Crippen LogP contribution in [0.4, 0.5) is 5.69 Å². The van der Waals surface area contributed by atoms with Gasteiger partial charge in [-0.3, -0.25) is 4.68 Å². The van der Waals surface area contributed by atoms with Crippen molar-refractivity contribution in [2.75, 3.05) is 5.32 Å². The maximum absolute atomic E-state index is 6.01. The number of nitrogens with zero attached hydrogens (tertiary/aromatic N) is 4. The summed E-state index contributed by atoms with van der Waals surface area (Å²) in [6.45, 7) is 2.63. The van der Waals surface area contributed by atoms with E-state index in [1.807, 2.05) is 32.3 Å². The second kappa shape index (κ2) is 5.09. The maximum Gasteiger partial charge on any atom is 0.157 e. The molecule has 102 valence electrons. The van der Waals surface area contributed by atoms with E-state index < -0.39 is 0 Å². The Morgan fingerprint density at radius 2 is 2.20 bits per heavy atom. The molecule has 0 unspecified atom stereocenters. The van der Waals surface area contributed by atoms with Crippen LogP contribution in [0.2, 0.25) is 5.15 Å². The lowest BCUT2D eigenvalue weighted by atomic mass is 10.2. The molecule has 3 aromatic heterocycles. The number of hydrogen-bond acceptors (Lipinski definition) is 4. The second-order valence-corrected chi connectivity index (χ2v) is 4.98. The van der Waals surface area contributed by atoms with Gasteiger partial charge in [0.05, 0.1) is 11.4 Å². The van der Waals surface area contributed by atoms with Crippen molar-refractivity contribution in [3.05, 3.63) is 47.0 Å². The van der Waals surface area contributed by atoms with Crippen molar-refractivity contribution in [3.8, 4) is 0 Å². The number of fused-ring (bicyclic) bond motifs is 1. The Balaban J connectivity index is 1.85. The number of aryl methyl sites for hydroxylation is 2. The normalized spacial score (nSPS) is 10.9. The number of rotatable bonds is 3. The minimum Gasteiger partial charge on any atom is -0.378 e. The van der Waals surface area contributed by atoms with Crippen LogP contribution in [0.15, 0.2) is 30.6 Å². The highest BCUT2D eigenvalue weighted by molar-refractivity contribution is 6.31. The molecule has 0 fully saturated rings. The van der Waals surface area contributed by atoms with E-state index in [0.717, 1.165) is 28.0 Å². The Kier molecular flexibility index (Phi) is 3.28. The zero-order chi connectivity index (χ0) is 14.1. The number of nitrogens with one attached hydrogen (secondary N) is 1. The van der Waals surface area contributed by atoms with Crippen molar-refractivity contribution in [2.24, 2.45) is 7.05 Å². The lowest BCUT2D eigenvalue weighted by Gasteiger charge is -2.07. The molecule has 0 bridgehead atoms. The Bertz CT molecular complexity index is 765. The third kappa shape index (κ3) is 2.32. The molecule has 20 heavy (non-hydrogen) atoms. The highest BCUT2D eigenvalue weighted by atomic mass is 35.5. The molecule has 0 aromatic carbocycles. The van der Waals surface area contributed by atoms with E-state index in [1.54, 1.807) is 10.9 Å². The van der Waals surface area contributed by atoms with Crippen LogP contribution in [0.25, 0.3) is 11.0 Å². The fourth-order valence-electron chi connectivity index (χ4n) is 2.16. The molecule has 1 N–H and O–H groups in total. The third-order valence-corrected chi connectivity index (χ3v) is 3.46. The van der Waals surface area contributed by atoms with Crippen LogP contribution >= 0.6 is 11.6 Å². The smallest absolute Gasteiger partial charge is 0.157 e. The Labute approximate surface area is 121 Å². The van der Waals surface area contributed by atoms with E-state index in [2.05, 4.69) is 26.4 Å². The Morgan fingerprint density at radius 1 is 1.35 bits per heavy atom. The summed E-state index contributed by atoms with van der Waals surface area (Å²) in [4.78, 5) is 8.48. The van der Waals surface area contributed by atoms with Crippen LogP contribution < -0.4 is 5.32 Å². The molecule has 0 radical (unpaired) electrons. The van der Waals surface area contributed by atoms with E-state index in [4.69, 9.17) is 11.6 Å². The van der Waals surface area contributed by atoms with Crippen LogP contribution in [-0.4, -0.2) is 19.7 Å². The molecule has 6 heteroatoms. The van der Waals surface area contributed by atoms with Crippen molar-refractivity contribution in [3.63, 3.8) is 0 Å². The summed E-state index contributed by atoms with van der Waals surface area (Å²) in [6.07, 6.45) is 3.51. The van der Waals surface area contributed by atoms with E-state index >= 15 is 0 Å². The molecule has 5 nitrogen and oxygen atoms in total. The summed E-state index contributed by atoms with van der Waals surface area (Å²) < 4.78 is 1.79. The van der Waals surface area contributed by atoms with Gasteiger partial charge in [-0.15, -0.1) is 0 Å². The fraction of sp³-hybridized carbons (Fsp3) is 0.214. The molecular formula is C14H14ClN5. The number of hydrogen-bond donors (Lipinski definition) is 1. The summed E-state index contributed by atoms with van der Waals surface area (Å²) in [5.41, 5.74) is 3.77. The lowest BCUT2D eigenvalue weighted by Crippen LogP contribution is -2.01. The van der Waals surface area contributed by atoms with Crippen molar-refractivity contribution in [2.45, 2.75) is 13.5 Å². The van der Waals surface area contributed by atoms with Gasteiger partial charge in [0.15, 0.2) is 10.8 Å². The van der Waals surface area contributed by atoms with Crippen LogP contribution in [0.3, 0.4) is 0 Å². The number of anilines is 1. The minimum atomic E-state index is 0.471. The molecule has 0 atom stereocenters. The highest BCUT2D eigenvalue weighted by Crippen LogP contribution is 2.20. The van der Waals surface area contributed by atoms with Gasteiger partial charge in [0.1, 0.15) is 0 Å². The number of aromatic nitrogens is 4. The standard InChI is InChI=1S/C14H14ClN5/c1-9-11-6-10(8-18-14(11)20(2)19-9)7-17-12-4-3-5-16-13(12)15/h3-6,8,17H,7H2,1-2H3.